The van der Waals surface area contributed by atoms with E-state index in [-0.39, 0.29) is 0 Å². The van der Waals surface area contributed by atoms with Crippen LogP contribution in [0.15, 0.2) is 0 Å². The van der Waals surface area contributed by atoms with Gasteiger partial charge in [0.25, 0.3) is 10.1 Å². The van der Waals surface area contributed by atoms with Crippen LogP contribution >= 0.6 is 0 Å². The lowest BCUT2D eigenvalue weighted by atomic mass is 10.1. The fraction of sp³-hybridized carbons (Fsp3) is 0.667. The van der Waals surface area contributed by atoms with Crippen molar-refractivity contribution in [2.45, 2.75) is 24.1 Å². The van der Waals surface area contributed by atoms with E-state index in [1.165, 1.54) is 0 Å². The van der Waals surface area contributed by atoms with Crippen LogP contribution in [0.3, 0.4) is 0 Å². The number of rotatable bonds is 6. The lowest BCUT2D eigenvalue weighted by molar-refractivity contribution is -0.140. The second-order valence-electron chi connectivity index (χ2n) is 2.85. The van der Waals surface area contributed by atoms with Gasteiger partial charge in [-0.2, -0.15) is 8.42 Å². The SMILES string of the molecule is N[C@H](C(=O)O)[C@H](CCC(=O)O)S(=O)(=O)O. The number of carbonyl (C=O) groups is 2. The van der Waals surface area contributed by atoms with E-state index in [2.05, 4.69) is 0 Å². The van der Waals surface area contributed by atoms with Crippen LogP contribution in [0, 0.1) is 0 Å². The van der Waals surface area contributed by atoms with Gasteiger partial charge in [0.05, 0.1) is 0 Å². The van der Waals surface area contributed by atoms with Gasteiger partial charge in [0.1, 0.15) is 11.3 Å². The maximum atomic E-state index is 10.7. The Morgan fingerprint density at radius 3 is 2.00 bits per heavy atom. The maximum absolute atomic E-state index is 10.7. The van der Waals surface area contributed by atoms with E-state index < -0.39 is 46.2 Å². The Balaban J connectivity index is 4.75. The molecule has 0 aliphatic carbocycles. The van der Waals surface area contributed by atoms with E-state index in [9.17, 15) is 18.0 Å². The molecule has 0 aromatic carbocycles. The zero-order chi connectivity index (χ0) is 12.2. The first-order chi connectivity index (χ1) is 6.66. The van der Waals surface area contributed by atoms with Gasteiger partial charge in [0.15, 0.2) is 0 Å². The molecule has 0 radical (unpaired) electrons. The molecule has 0 aromatic rings. The molecule has 9 heteroatoms. The van der Waals surface area contributed by atoms with Crippen LogP contribution in [0.1, 0.15) is 12.8 Å². The summed E-state index contributed by atoms with van der Waals surface area (Å²) in [5.41, 5.74) is 5.00. The van der Waals surface area contributed by atoms with Gasteiger partial charge in [-0.15, -0.1) is 0 Å². The largest absolute Gasteiger partial charge is 0.481 e. The van der Waals surface area contributed by atoms with E-state index in [4.69, 9.17) is 20.5 Å². The molecule has 0 amide bonds. The fourth-order valence-electron chi connectivity index (χ4n) is 0.939. The van der Waals surface area contributed by atoms with Crippen LogP contribution < -0.4 is 5.73 Å². The highest BCUT2D eigenvalue weighted by atomic mass is 32.2. The van der Waals surface area contributed by atoms with Gasteiger partial charge in [0.2, 0.25) is 0 Å². The third kappa shape index (κ3) is 4.72. The quantitative estimate of drug-likeness (QED) is 0.410. The fourth-order valence-corrected chi connectivity index (χ4v) is 1.84. The predicted octanol–water partition coefficient (Wildman–Crippen LogP) is -1.48. The van der Waals surface area contributed by atoms with Gasteiger partial charge >= 0.3 is 11.9 Å². The molecule has 0 aromatic heterocycles. The number of carboxylic acids is 2. The average molecular weight is 241 g/mol. The zero-order valence-electron chi connectivity index (χ0n) is 7.53. The van der Waals surface area contributed by atoms with E-state index in [1.807, 2.05) is 0 Å². The number of aliphatic carboxylic acids is 2. The lowest BCUT2D eigenvalue weighted by Crippen LogP contribution is -2.46. The highest BCUT2D eigenvalue weighted by Gasteiger charge is 2.34. The summed E-state index contributed by atoms with van der Waals surface area (Å²) in [5, 5.41) is 14.9. The molecule has 88 valence electrons. The summed E-state index contributed by atoms with van der Waals surface area (Å²) in [6, 6.07) is -1.85. The van der Waals surface area contributed by atoms with Crippen LogP contribution in [0.4, 0.5) is 0 Å². The van der Waals surface area contributed by atoms with Gasteiger partial charge in [-0.3, -0.25) is 14.1 Å². The number of hydrogen-bond acceptors (Lipinski definition) is 5. The molecule has 0 heterocycles. The number of hydrogen-bond donors (Lipinski definition) is 4. The molecule has 0 aliphatic rings. The molecule has 0 rings (SSSR count). The van der Waals surface area contributed by atoms with Crippen LogP contribution in [0.25, 0.3) is 0 Å². The summed E-state index contributed by atoms with van der Waals surface area (Å²) in [6.45, 7) is 0. The Hall–Kier alpha value is -1.19. The molecule has 8 nitrogen and oxygen atoms in total. The third-order valence-corrected chi connectivity index (χ3v) is 3.01. The molecule has 2 atom stereocenters. The smallest absolute Gasteiger partial charge is 0.321 e. The normalized spacial score (nSPS) is 15.6. The predicted molar refractivity (Wildman–Crippen MR) is 47.8 cm³/mol. The first kappa shape index (κ1) is 13.8. The maximum Gasteiger partial charge on any atom is 0.321 e. The van der Waals surface area contributed by atoms with E-state index >= 15 is 0 Å². The van der Waals surface area contributed by atoms with Crippen LogP contribution in [0.5, 0.6) is 0 Å². The van der Waals surface area contributed by atoms with E-state index in [0.717, 1.165) is 0 Å². The molecule has 5 N–H and O–H groups in total. The Kier molecular flexibility index (Phi) is 4.65. The van der Waals surface area contributed by atoms with Crippen molar-refractivity contribution in [2.75, 3.05) is 0 Å². The first-order valence-corrected chi connectivity index (χ1v) is 5.33. The van der Waals surface area contributed by atoms with Crippen molar-refractivity contribution in [1.82, 2.24) is 0 Å². The molecule has 0 aliphatic heterocycles. The van der Waals surface area contributed by atoms with Crippen molar-refractivity contribution < 1.29 is 32.8 Å². The summed E-state index contributed by atoms with van der Waals surface area (Å²) < 4.78 is 30.1. The molecule has 0 fully saturated rings. The van der Waals surface area contributed by atoms with Gasteiger partial charge < -0.3 is 15.9 Å². The van der Waals surface area contributed by atoms with Gasteiger partial charge in [-0.1, -0.05) is 0 Å². The zero-order valence-corrected chi connectivity index (χ0v) is 8.35. The summed E-state index contributed by atoms with van der Waals surface area (Å²) in [7, 11) is -4.67. The van der Waals surface area contributed by atoms with Crippen LogP contribution in [-0.4, -0.2) is 46.4 Å². The van der Waals surface area contributed by atoms with Crippen molar-refractivity contribution in [3.05, 3.63) is 0 Å². The summed E-state index contributed by atoms with van der Waals surface area (Å²) in [4.78, 5) is 20.5. The number of carboxylic acid groups (broad SMARTS) is 2. The average Bonchev–Trinajstić information content (AvgIpc) is 2.00. The Labute approximate surface area is 85.4 Å². The first-order valence-electron chi connectivity index (χ1n) is 3.82. The van der Waals surface area contributed by atoms with Crippen LogP contribution in [0.2, 0.25) is 0 Å². The van der Waals surface area contributed by atoms with Crippen molar-refractivity contribution >= 4 is 22.1 Å². The monoisotopic (exact) mass is 241 g/mol. The molecular weight excluding hydrogens is 230 g/mol. The van der Waals surface area contributed by atoms with Crippen LogP contribution in [-0.2, 0) is 19.7 Å². The minimum absolute atomic E-state index is 0.554. The summed E-state index contributed by atoms with van der Waals surface area (Å²) in [6.07, 6.45) is -1.15. The Morgan fingerprint density at radius 2 is 1.73 bits per heavy atom. The molecule has 15 heavy (non-hydrogen) atoms. The number of nitrogens with two attached hydrogens (primary N) is 1. The molecular formula is C6H11NO7S. The highest BCUT2D eigenvalue weighted by molar-refractivity contribution is 7.86. The molecule has 0 unspecified atom stereocenters. The minimum atomic E-state index is -4.67. The highest BCUT2D eigenvalue weighted by Crippen LogP contribution is 2.11. The minimum Gasteiger partial charge on any atom is -0.481 e. The molecule has 0 saturated carbocycles. The summed E-state index contributed by atoms with van der Waals surface area (Å²) >= 11 is 0. The molecule has 0 spiro atoms. The second kappa shape index (κ2) is 5.05. The van der Waals surface area contributed by atoms with Crippen molar-refractivity contribution in [2.24, 2.45) is 5.73 Å². The topological polar surface area (TPSA) is 155 Å². The summed E-state index contributed by atoms with van der Waals surface area (Å²) in [5.74, 6) is -2.93. The second-order valence-corrected chi connectivity index (χ2v) is 4.49. The van der Waals surface area contributed by atoms with Gasteiger partial charge in [0, 0.05) is 6.42 Å². The van der Waals surface area contributed by atoms with Crippen molar-refractivity contribution in [3.8, 4) is 0 Å². The van der Waals surface area contributed by atoms with Gasteiger partial charge in [-0.25, -0.2) is 0 Å². The molecule has 0 bridgehead atoms. The Morgan fingerprint density at radius 1 is 1.27 bits per heavy atom. The van der Waals surface area contributed by atoms with Crippen molar-refractivity contribution in [3.63, 3.8) is 0 Å². The standard InChI is InChI=1S/C6H11NO7S/c7-5(6(10)11)3(15(12,13)14)1-2-4(8)9/h3,5H,1-2,7H2,(H,8,9)(H,10,11)(H,12,13,14)/t3-,5-/m0/s1. The van der Waals surface area contributed by atoms with E-state index in [0.29, 0.717) is 0 Å². The van der Waals surface area contributed by atoms with Gasteiger partial charge in [-0.05, 0) is 6.42 Å². The lowest BCUT2D eigenvalue weighted by Gasteiger charge is -2.16. The Bertz CT molecular complexity index is 348. The molecule has 0 saturated heterocycles. The van der Waals surface area contributed by atoms with E-state index in [1.54, 1.807) is 0 Å². The third-order valence-electron chi connectivity index (χ3n) is 1.71. The van der Waals surface area contributed by atoms with Crippen molar-refractivity contribution in [1.29, 1.82) is 0 Å².